The second-order valence-electron chi connectivity index (χ2n) is 2.82. The highest BCUT2D eigenvalue weighted by atomic mass is 16.7. The fourth-order valence-corrected chi connectivity index (χ4v) is 1.05. The fraction of sp³-hybridized carbons (Fsp3) is 0.200. The zero-order valence-corrected chi connectivity index (χ0v) is 8.23. The van der Waals surface area contributed by atoms with Gasteiger partial charge in [0.2, 0.25) is 0 Å². The summed E-state index contributed by atoms with van der Waals surface area (Å²) < 4.78 is 4.93. The smallest absolute Gasteiger partial charge is 0.332 e. The predicted octanol–water partition coefficient (Wildman–Crippen LogP) is 0.685. The second kappa shape index (κ2) is 5.11. The number of ketones is 1. The van der Waals surface area contributed by atoms with Gasteiger partial charge in [0.15, 0.2) is 5.78 Å². The lowest BCUT2D eigenvalue weighted by atomic mass is 10.1. The SMILES string of the molecule is COc1ccc(C(=O)CC(=O)ON)cc1. The molecule has 1 rings (SSSR count). The topological polar surface area (TPSA) is 78.6 Å². The van der Waals surface area contributed by atoms with Gasteiger partial charge in [-0.05, 0) is 24.3 Å². The minimum atomic E-state index is -0.754. The third-order valence-corrected chi connectivity index (χ3v) is 1.85. The molecule has 1 aromatic rings. The summed E-state index contributed by atoms with van der Waals surface area (Å²) in [5.41, 5.74) is 0.418. The molecule has 0 aliphatic rings. The molecule has 0 aromatic heterocycles. The monoisotopic (exact) mass is 209 g/mol. The molecule has 5 heteroatoms. The van der Waals surface area contributed by atoms with E-state index in [2.05, 4.69) is 10.7 Å². The molecule has 0 fully saturated rings. The molecular formula is C10H11NO4. The van der Waals surface area contributed by atoms with Crippen LogP contribution in [0.15, 0.2) is 24.3 Å². The second-order valence-corrected chi connectivity index (χ2v) is 2.82. The van der Waals surface area contributed by atoms with Crippen molar-refractivity contribution in [3.8, 4) is 5.75 Å². The standard InChI is InChI=1S/C10H11NO4/c1-14-8-4-2-7(3-5-8)9(12)6-10(13)15-11/h2-5H,6,11H2,1H3. The van der Waals surface area contributed by atoms with Gasteiger partial charge in [0.1, 0.15) is 12.2 Å². The highest BCUT2D eigenvalue weighted by molar-refractivity contribution is 6.05. The molecule has 2 N–H and O–H groups in total. The van der Waals surface area contributed by atoms with Crippen molar-refractivity contribution in [2.45, 2.75) is 6.42 Å². The average molecular weight is 209 g/mol. The van der Waals surface area contributed by atoms with Crippen LogP contribution in [0.4, 0.5) is 0 Å². The number of carbonyl (C=O) groups excluding carboxylic acids is 2. The van der Waals surface area contributed by atoms with Crippen LogP contribution in [0.5, 0.6) is 5.75 Å². The van der Waals surface area contributed by atoms with Crippen LogP contribution in [0.25, 0.3) is 0 Å². The number of hydrogen-bond acceptors (Lipinski definition) is 5. The maximum atomic E-state index is 11.4. The van der Waals surface area contributed by atoms with Crippen LogP contribution < -0.4 is 10.6 Å². The van der Waals surface area contributed by atoms with Crippen molar-refractivity contribution in [1.82, 2.24) is 0 Å². The van der Waals surface area contributed by atoms with Gasteiger partial charge in [-0.15, -0.1) is 0 Å². The number of benzene rings is 1. The average Bonchev–Trinajstić information content (AvgIpc) is 2.29. The molecule has 0 aliphatic heterocycles. The molecule has 0 aliphatic carbocycles. The van der Waals surface area contributed by atoms with Gasteiger partial charge in [0.25, 0.3) is 0 Å². The lowest BCUT2D eigenvalue weighted by molar-refractivity contribution is -0.143. The summed E-state index contributed by atoms with van der Waals surface area (Å²) in [6, 6.07) is 6.43. The first-order valence-electron chi connectivity index (χ1n) is 4.24. The molecule has 0 radical (unpaired) electrons. The Morgan fingerprint density at radius 3 is 2.33 bits per heavy atom. The van der Waals surface area contributed by atoms with Crippen molar-refractivity contribution in [3.63, 3.8) is 0 Å². The molecule has 0 spiro atoms. The van der Waals surface area contributed by atoms with Gasteiger partial charge in [-0.2, -0.15) is 5.90 Å². The van der Waals surface area contributed by atoms with Crippen LogP contribution in [0.3, 0.4) is 0 Å². The van der Waals surface area contributed by atoms with E-state index in [1.165, 1.54) is 7.11 Å². The Balaban J connectivity index is 2.70. The Bertz CT molecular complexity index is 358. The van der Waals surface area contributed by atoms with E-state index in [1.54, 1.807) is 24.3 Å². The van der Waals surface area contributed by atoms with Crippen molar-refractivity contribution in [2.75, 3.05) is 7.11 Å². The highest BCUT2D eigenvalue weighted by Gasteiger charge is 2.12. The van der Waals surface area contributed by atoms with Gasteiger partial charge in [0.05, 0.1) is 7.11 Å². The van der Waals surface area contributed by atoms with Gasteiger partial charge in [-0.3, -0.25) is 4.79 Å². The van der Waals surface area contributed by atoms with Crippen molar-refractivity contribution in [3.05, 3.63) is 29.8 Å². The summed E-state index contributed by atoms with van der Waals surface area (Å²) in [5.74, 6) is 4.17. The molecule has 0 bridgehead atoms. The molecule has 1 aromatic carbocycles. The molecule has 15 heavy (non-hydrogen) atoms. The lowest BCUT2D eigenvalue weighted by Crippen LogP contribution is -2.14. The number of methoxy groups -OCH3 is 1. The van der Waals surface area contributed by atoms with E-state index in [1.807, 2.05) is 0 Å². The van der Waals surface area contributed by atoms with E-state index >= 15 is 0 Å². The minimum Gasteiger partial charge on any atom is -0.497 e. The van der Waals surface area contributed by atoms with Gasteiger partial charge in [-0.25, -0.2) is 4.79 Å². The number of nitrogens with two attached hydrogens (primary N) is 1. The van der Waals surface area contributed by atoms with Crippen LogP contribution in [-0.2, 0) is 9.63 Å². The van der Waals surface area contributed by atoms with Crippen LogP contribution in [0.2, 0.25) is 0 Å². The molecule has 0 amide bonds. The van der Waals surface area contributed by atoms with E-state index in [0.29, 0.717) is 11.3 Å². The molecule has 80 valence electrons. The first kappa shape index (κ1) is 11.2. The van der Waals surface area contributed by atoms with Crippen molar-refractivity contribution < 1.29 is 19.2 Å². The number of hydrogen-bond donors (Lipinski definition) is 1. The third-order valence-electron chi connectivity index (χ3n) is 1.85. The summed E-state index contributed by atoms with van der Waals surface area (Å²) >= 11 is 0. The zero-order chi connectivity index (χ0) is 11.3. The highest BCUT2D eigenvalue weighted by Crippen LogP contribution is 2.12. The predicted molar refractivity (Wildman–Crippen MR) is 52.2 cm³/mol. The van der Waals surface area contributed by atoms with Crippen LogP contribution in [0, 0.1) is 0 Å². The molecule has 0 unspecified atom stereocenters. The van der Waals surface area contributed by atoms with Crippen LogP contribution in [0.1, 0.15) is 16.8 Å². The van der Waals surface area contributed by atoms with E-state index in [9.17, 15) is 9.59 Å². The number of Topliss-reactive ketones (excluding diaryl/α,β-unsaturated/α-hetero) is 1. The molecule has 0 saturated heterocycles. The largest absolute Gasteiger partial charge is 0.497 e. The normalized spacial score (nSPS) is 9.47. The molecule has 0 atom stereocenters. The van der Waals surface area contributed by atoms with Crippen LogP contribution in [-0.4, -0.2) is 18.9 Å². The van der Waals surface area contributed by atoms with Gasteiger partial charge in [-0.1, -0.05) is 0 Å². The van der Waals surface area contributed by atoms with Gasteiger partial charge < -0.3 is 9.57 Å². The van der Waals surface area contributed by atoms with E-state index in [4.69, 9.17) is 4.74 Å². The molecular weight excluding hydrogens is 198 g/mol. The molecule has 0 saturated carbocycles. The Labute approximate surface area is 86.7 Å². The maximum absolute atomic E-state index is 11.4. The summed E-state index contributed by atoms with van der Waals surface area (Å²) in [6.07, 6.45) is -0.358. The Hall–Kier alpha value is -1.88. The molecule has 0 heterocycles. The van der Waals surface area contributed by atoms with E-state index in [0.717, 1.165) is 0 Å². The van der Waals surface area contributed by atoms with Crippen molar-refractivity contribution in [2.24, 2.45) is 5.90 Å². The maximum Gasteiger partial charge on any atom is 0.332 e. The number of ether oxygens (including phenoxy) is 1. The Kier molecular flexibility index (Phi) is 3.82. The Morgan fingerprint density at radius 2 is 1.87 bits per heavy atom. The van der Waals surface area contributed by atoms with Gasteiger partial charge >= 0.3 is 5.97 Å². The summed E-state index contributed by atoms with van der Waals surface area (Å²) in [5, 5.41) is 0. The minimum absolute atomic E-state index is 0.340. The van der Waals surface area contributed by atoms with Crippen molar-refractivity contribution >= 4 is 11.8 Å². The lowest BCUT2D eigenvalue weighted by Gasteiger charge is -2.01. The first-order valence-corrected chi connectivity index (χ1v) is 4.24. The Morgan fingerprint density at radius 1 is 1.27 bits per heavy atom. The summed E-state index contributed by atoms with van der Waals surface area (Å²) in [7, 11) is 1.53. The molecule has 5 nitrogen and oxygen atoms in total. The number of rotatable bonds is 4. The third kappa shape index (κ3) is 3.07. The van der Waals surface area contributed by atoms with Crippen LogP contribution >= 0.6 is 0 Å². The van der Waals surface area contributed by atoms with Crippen molar-refractivity contribution in [1.29, 1.82) is 0 Å². The van der Waals surface area contributed by atoms with E-state index < -0.39 is 5.97 Å². The summed E-state index contributed by atoms with van der Waals surface area (Å²) in [4.78, 5) is 26.0. The summed E-state index contributed by atoms with van der Waals surface area (Å²) in [6.45, 7) is 0. The fourth-order valence-electron chi connectivity index (χ4n) is 1.05. The zero-order valence-electron chi connectivity index (χ0n) is 8.23. The van der Waals surface area contributed by atoms with Gasteiger partial charge in [0, 0.05) is 5.56 Å². The quantitative estimate of drug-likeness (QED) is 0.448. The van der Waals surface area contributed by atoms with E-state index in [-0.39, 0.29) is 12.2 Å². The number of carbonyl (C=O) groups is 2. The first-order chi connectivity index (χ1) is 7.17.